The van der Waals surface area contributed by atoms with Gasteiger partial charge >= 0.3 is 6.18 Å². The number of nitrogens with one attached hydrogen (secondary N) is 2. The number of hydrogen-bond donors (Lipinski definition) is 2. The second-order valence-corrected chi connectivity index (χ2v) is 9.84. The first-order chi connectivity index (χ1) is 15.9. The topological polar surface area (TPSA) is 105 Å². The normalized spacial score (nSPS) is 19.4. The van der Waals surface area contributed by atoms with E-state index in [-0.39, 0.29) is 47.0 Å². The van der Waals surface area contributed by atoms with Gasteiger partial charge in [0.15, 0.2) is 0 Å². The van der Waals surface area contributed by atoms with E-state index in [1.54, 1.807) is 19.2 Å². The maximum absolute atomic E-state index is 13.1. The maximum atomic E-state index is 13.1. The molecule has 2 aromatic carbocycles. The fraction of sp³-hybridized carbons (Fsp3) is 0.364. The lowest BCUT2D eigenvalue weighted by molar-refractivity contribution is -0.123. The Bertz CT molecular complexity index is 1160. The van der Waals surface area contributed by atoms with Crippen LogP contribution in [0.1, 0.15) is 34.6 Å². The molecule has 0 saturated carbocycles. The van der Waals surface area contributed by atoms with Crippen molar-refractivity contribution in [3.63, 3.8) is 0 Å². The van der Waals surface area contributed by atoms with Crippen molar-refractivity contribution in [2.24, 2.45) is 0 Å². The van der Waals surface area contributed by atoms with Crippen LogP contribution in [-0.4, -0.2) is 62.6 Å². The van der Waals surface area contributed by atoms with Crippen LogP contribution in [0.4, 0.5) is 18.9 Å². The van der Waals surface area contributed by atoms with Gasteiger partial charge in [0, 0.05) is 18.7 Å². The van der Waals surface area contributed by atoms with Gasteiger partial charge in [0.25, 0.3) is 11.8 Å². The molecule has 12 heteroatoms. The Morgan fingerprint density at radius 3 is 2.32 bits per heavy atom. The van der Waals surface area contributed by atoms with Gasteiger partial charge < -0.3 is 15.4 Å². The summed E-state index contributed by atoms with van der Waals surface area (Å²) in [7, 11) is -3.90. The number of para-hydroxylation sites is 1. The molecule has 34 heavy (non-hydrogen) atoms. The molecule has 0 bridgehead atoms. The van der Waals surface area contributed by atoms with Crippen LogP contribution < -0.4 is 10.6 Å². The Labute approximate surface area is 195 Å². The summed E-state index contributed by atoms with van der Waals surface area (Å²) in [6, 6.07) is 11.0. The second kappa shape index (κ2) is 10.1. The molecule has 8 nitrogen and oxygen atoms in total. The molecule has 3 rings (SSSR count). The van der Waals surface area contributed by atoms with Gasteiger partial charge in [0.05, 0.1) is 28.4 Å². The van der Waals surface area contributed by atoms with Crippen LogP contribution in [0.25, 0.3) is 0 Å². The van der Waals surface area contributed by atoms with E-state index in [1.807, 2.05) is 0 Å². The molecular formula is C22H24F3N3O5S. The molecule has 1 heterocycles. The highest BCUT2D eigenvalue weighted by Crippen LogP contribution is 2.23. The van der Waals surface area contributed by atoms with E-state index in [4.69, 9.17) is 4.74 Å². The minimum atomic E-state index is -4.59. The molecule has 184 valence electrons. The zero-order valence-electron chi connectivity index (χ0n) is 18.4. The number of sulfonamides is 1. The monoisotopic (exact) mass is 499 g/mol. The molecule has 2 atom stereocenters. The van der Waals surface area contributed by atoms with Crippen molar-refractivity contribution in [2.45, 2.75) is 37.1 Å². The Kier molecular flexibility index (Phi) is 7.64. The van der Waals surface area contributed by atoms with Crippen LogP contribution in [-0.2, 0) is 14.8 Å². The third-order valence-corrected chi connectivity index (χ3v) is 6.82. The first kappa shape index (κ1) is 25.7. The average molecular weight is 500 g/mol. The van der Waals surface area contributed by atoms with Crippen molar-refractivity contribution in [1.82, 2.24) is 9.62 Å². The van der Waals surface area contributed by atoms with Gasteiger partial charge in [-0.05, 0) is 44.2 Å². The molecular weight excluding hydrogens is 475 g/mol. The van der Waals surface area contributed by atoms with Crippen molar-refractivity contribution in [1.29, 1.82) is 0 Å². The minimum absolute atomic E-state index is 0.000865. The molecule has 0 aromatic heterocycles. The molecule has 2 amide bonds. The average Bonchev–Trinajstić information content (AvgIpc) is 2.76. The molecule has 2 aromatic rings. The lowest BCUT2D eigenvalue weighted by atomic mass is 10.1. The lowest BCUT2D eigenvalue weighted by Crippen LogP contribution is -2.48. The van der Waals surface area contributed by atoms with Crippen LogP contribution >= 0.6 is 0 Å². The molecule has 1 fully saturated rings. The third-order valence-electron chi connectivity index (χ3n) is 4.99. The van der Waals surface area contributed by atoms with Crippen LogP contribution in [0.15, 0.2) is 53.4 Å². The molecule has 2 N–H and O–H groups in total. The number of morpholine rings is 1. The number of rotatable bonds is 6. The van der Waals surface area contributed by atoms with Crippen molar-refractivity contribution in [3.05, 3.63) is 59.7 Å². The highest BCUT2D eigenvalue weighted by molar-refractivity contribution is 7.89. The summed E-state index contributed by atoms with van der Waals surface area (Å²) in [4.78, 5) is 24.9. The molecule has 1 saturated heterocycles. The number of benzene rings is 2. The Balaban J connectivity index is 1.80. The zero-order valence-corrected chi connectivity index (χ0v) is 19.2. The summed E-state index contributed by atoms with van der Waals surface area (Å²) >= 11 is 0. The summed E-state index contributed by atoms with van der Waals surface area (Å²) in [6.07, 6.45) is -5.16. The fourth-order valence-corrected chi connectivity index (χ4v) is 5.17. The van der Waals surface area contributed by atoms with Gasteiger partial charge in [-0.25, -0.2) is 8.42 Å². The summed E-state index contributed by atoms with van der Waals surface area (Å²) in [5, 5.41) is 4.22. The van der Waals surface area contributed by atoms with Crippen LogP contribution in [0.2, 0.25) is 0 Å². The summed E-state index contributed by atoms with van der Waals surface area (Å²) in [5.41, 5.74) is -0.183. The summed E-state index contributed by atoms with van der Waals surface area (Å²) in [6.45, 7) is 2.36. The van der Waals surface area contributed by atoms with E-state index in [2.05, 4.69) is 5.32 Å². The molecule has 0 radical (unpaired) electrons. The van der Waals surface area contributed by atoms with Crippen LogP contribution in [0, 0.1) is 0 Å². The van der Waals surface area contributed by atoms with E-state index < -0.39 is 34.6 Å². The smallest absolute Gasteiger partial charge is 0.373 e. The Hall–Kier alpha value is -2.96. The van der Waals surface area contributed by atoms with Crippen LogP contribution in [0.5, 0.6) is 0 Å². The van der Waals surface area contributed by atoms with Gasteiger partial charge in [0.2, 0.25) is 10.0 Å². The van der Waals surface area contributed by atoms with Gasteiger partial charge in [-0.2, -0.15) is 17.5 Å². The lowest BCUT2D eigenvalue weighted by Gasteiger charge is -2.34. The predicted octanol–water partition coefficient (Wildman–Crippen LogP) is 3.03. The highest BCUT2D eigenvalue weighted by Gasteiger charge is 2.32. The Morgan fingerprint density at radius 1 is 1.03 bits per heavy atom. The molecule has 1 aliphatic heterocycles. The second-order valence-electron chi connectivity index (χ2n) is 7.90. The number of ether oxygens (including phenoxy) is 1. The third kappa shape index (κ3) is 6.33. The van der Waals surface area contributed by atoms with E-state index in [1.165, 1.54) is 52.8 Å². The first-order valence-electron chi connectivity index (χ1n) is 10.4. The largest absolute Gasteiger partial charge is 0.405 e. The maximum Gasteiger partial charge on any atom is 0.405 e. The molecule has 0 spiro atoms. The number of carbonyl (C=O) groups is 2. The van der Waals surface area contributed by atoms with Gasteiger partial charge in [-0.15, -0.1) is 0 Å². The van der Waals surface area contributed by atoms with E-state index in [0.29, 0.717) is 0 Å². The van der Waals surface area contributed by atoms with E-state index in [9.17, 15) is 31.2 Å². The Morgan fingerprint density at radius 2 is 1.68 bits per heavy atom. The summed E-state index contributed by atoms with van der Waals surface area (Å²) < 4.78 is 70.4. The van der Waals surface area contributed by atoms with Crippen molar-refractivity contribution >= 4 is 27.5 Å². The highest BCUT2D eigenvalue weighted by atomic mass is 32.2. The first-order valence-corrected chi connectivity index (χ1v) is 11.8. The van der Waals surface area contributed by atoms with Gasteiger partial charge in [-0.3, -0.25) is 9.59 Å². The number of alkyl halides is 3. The van der Waals surface area contributed by atoms with E-state index in [0.717, 1.165) is 0 Å². The number of hydrogen-bond acceptors (Lipinski definition) is 5. The quantitative estimate of drug-likeness (QED) is 0.636. The number of anilines is 1. The van der Waals surface area contributed by atoms with Crippen molar-refractivity contribution < 1.29 is 35.9 Å². The van der Waals surface area contributed by atoms with Crippen molar-refractivity contribution in [2.75, 3.05) is 25.0 Å². The van der Waals surface area contributed by atoms with Crippen LogP contribution in [0.3, 0.4) is 0 Å². The van der Waals surface area contributed by atoms with Gasteiger partial charge in [0.1, 0.15) is 6.54 Å². The minimum Gasteiger partial charge on any atom is -0.373 e. The number of amides is 2. The SMILES string of the molecule is CC1CN(S(=O)(=O)c2cccc(C(=O)Nc3ccccc3C(=O)NCC(F)(F)F)c2)CC(C)O1. The number of carbonyl (C=O) groups excluding carboxylic acids is 2. The molecule has 2 unspecified atom stereocenters. The van der Waals surface area contributed by atoms with E-state index >= 15 is 0 Å². The summed E-state index contributed by atoms with van der Waals surface area (Å²) in [5.74, 6) is -1.74. The zero-order chi connectivity index (χ0) is 25.1. The van der Waals surface area contributed by atoms with Crippen molar-refractivity contribution in [3.8, 4) is 0 Å². The van der Waals surface area contributed by atoms with Gasteiger partial charge in [-0.1, -0.05) is 18.2 Å². The predicted molar refractivity (Wildman–Crippen MR) is 118 cm³/mol. The standard InChI is InChI=1S/C22H24F3N3O5S/c1-14-11-28(12-15(2)33-14)34(31,32)17-7-5-6-16(10-17)20(29)27-19-9-4-3-8-18(19)21(30)26-13-22(23,24)25/h3-10,14-15H,11-13H2,1-2H3,(H,26,30)(H,27,29). The molecule has 0 aliphatic carbocycles. The molecule has 1 aliphatic rings. The fourth-order valence-electron chi connectivity index (χ4n) is 3.53. The number of halogens is 3. The number of nitrogens with zero attached hydrogens (tertiary/aromatic N) is 1.